The molecule has 0 aromatic carbocycles. The predicted molar refractivity (Wildman–Crippen MR) is 130 cm³/mol. The number of carbonyl (C=O) groups is 2. The molecule has 1 fully saturated rings. The third-order valence-electron chi connectivity index (χ3n) is 6.99. The Labute approximate surface area is 204 Å². The summed E-state index contributed by atoms with van der Waals surface area (Å²) >= 11 is 0. The summed E-state index contributed by atoms with van der Waals surface area (Å²) in [5.74, 6) is -0.705. The zero-order valence-electron chi connectivity index (χ0n) is 20.6. The second kappa shape index (κ2) is 10.2. The van der Waals surface area contributed by atoms with E-state index in [0.29, 0.717) is 5.69 Å². The summed E-state index contributed by atoms with van der Waals surface area (Å²) in [6, 6.07) is 6.04. The first-order valence-corrected chi connectivity index (χ1v) is 12.1. The molecule has 1 aliphatic rings. The Balaban J connectivity index is 1.60. The van der Waals surface area contributed by atoms with Crippen LogP contribution in [0.1, 0.15) is 45.9 Å². The van der Waals surface area contributed by atoms with Crippen molar-refractivity contribution in [3.8, 4) is 11.3 Å². The molecule has 0 bridgehead atoms. The van der Waals surface area contributed by atoms with E-state index in [9.17, 15) is 19.8 Å². The van der Waals surface area contributed by atoms with Gasteiger partial charge in [-0.25, -0.2) is 4.52 Å². The summed E-state index contributed by atoms with van der Waals surface area (Å²) in [5.41, 5.74) is 3.32. The molecule has 1 saturated heterocycles. The fourth-order valence-corrected chi connectivity index (χ4v) is 4.67. The molecule has 0 saturated carbocycles. The third-order valence-corrected chi connectivity index (χ3v) is 6.99. The lowest BCUT2D eigenvalue weighted by molar-refractivity contribution is -0.142. The average molecular weight is 483 g/mol. The van der Waals surface area contributed by atoms with Crippen LogP contribution in [-0.4, -0.2) is 71.6 Å². The molecule has 188 valence electrons. The van der Waals surface area contributed by atoms with Crippen molar-refractivity contribution in [1.29, 1.82) is 0 Å². The van der Waals surface area contributed by atoms with E-state index in [1.54, 1.807) is 16.9 Å². The largest absolute Gasteiger partial charge is 0.394 e. The molecular formula is C25H34N6O4. The van der Waals surface area contributed by atoms with Crippen LogP contribution >= 0.6 is 0 Å². The minimum atomic E-state index is -0.793. The molecule has 4 rings (SSSR count). The second-order valence-electron chi connectivity index (χ2n) is 9.50. The Bertz CT molecular complexity index is 1200. The van der Waals surface area contributed by atoms with Crippen molar-refractivity contribution in [3.05, 3.63) is 42.4 Å². The number of β-amino-alcohol motifs (C(OH)–C–C–N with tert-alkyl or cyclic N) is 1. The molecule has 4 unspecified atom stereocenters. The molecule has 10 nitrogen and oxygen atoms in total. The number of aromatic nitrogens is 4. The molecule has 4 heterocycles. The smallest absolute Gasteiger partial charge is 0.243 e. The first kappa shape index (κ1) is 24.9. The number of aliphatic hydroxyl groups excluding tert-OH is 2. The van der Waals surface area contributed by atoms with E-state index in [-0.39, 0.29) is 37.3 Å². The van der Waals surface area contributed by atoms with Gasteiger partial charge in [0.25, 0.3) is 0 Å². The van der Waals surface area contributed by atoms with Crippen LogP contribution in [-0.2, 0) is 16.1 Å². The highest BCUT2D eigenvalue weighted by Gasteiger charge is 2.41. The molecule has 10 heteroatoms. The number of hydrogen-bond donors (Lipinski definition) is 3. The molecule has 3 aromatic heterocycles. The number of fused-ring (bicyclic) bond motifs is 1. The number of aryl methyl sites for hydroxylation is 1. The van der Waals surface area contributed by atoms with Gasteiger partial charge in [0.05, 0.1) is 41.9 Å². The first-order valence-electron chi connectivity index (χ1n) is 12.1. The van der Waals surface area contributed by atoms with Crippen molar-refractivity contribution >= 4 is 17.3 Å². The Morgan fingerprint density at radius 3 is 2.57 bits per heavy atom. The van der Waals surface area contributed by atoms with Gasteiger partial charge in [-0.3, -0.25) is 14.3 Å². The standard InChI is InChI=1S/C25H34N6O4/c1-5-30-20(8-10-26-30)18-6-7-22(31-21(18)9-11-27-31)19(14-32)28-24(34)23-12-17(33)13-29(23)25(35)16(4)15(2)3/h6-11,15-17,19,23,32-33H,5,12-14H2,1-4H3,(H,28,34). The van der Waals surface area contributed by atoms with Crippen molar-refractivity contribution in [2.75, 3.05) is 13.2 Å². The van der Waals surface area contributed by atoms with Gasteiger partial charge in [-0.2, -0.15) is 10.2 Å². The average Bonchev–Trinajstić information content (AvgIpc) is 3.60. The number of aliphatic hydroxyl groups is 2. The zero-order chi connectivity index (χ0) is 25.3. The number of carbonyl (C=O) groups excluding carboxylic acids is 2. The van der Waals surface area contributed by atoms with Crippen LogP contribution in [0.3, 0.4) is 0 Å². The van der Waals surface area contributed by atoms with Gasteiger partial charge in [0.15, 0.2) is 0 Å². The summed E-state index contributed by atoms with van der Waals surface area (Å²) in [6.07, 6.45) is 2.82. The normalized spacial score (nSPS) is 19.9. The molecular weight excluding hydrogens is 448 g/mol. The Kier molecular flexibility index (Phi) is 7.23. The summed E-state index contributed by atoms with van der Waals surface area (Å²) in [7, 11) is 0. The number of likely N-dealkylation sites (tertiary alicyclic amines) is 1. The third kappa shape index (κ3) is 4.68. The van der Waals surface area contributed by atoms with Crippen molar-refractivity contribution < 1.29 is 19.8 Å². The predicted octanol–water partition coefficient (Wildman–Crippen LogP) is 1.62. The van der Waals surface area contributed by atoms with Crippen LogP contribution in [0.25, 0.3) is 16.8 Å². The number of rotatable bonds is 8. The highest BCUT2D eigenvalue weighted by atomic mass is 16.3. The first-order chi connectivity index (χ1) is 16.8. The molecule has 0 radical (unpaired) electrons. The van der Waals surface area contributed by atoms with Crippen LogP contribution in [0.15, 0.2) is 36.7 Å². The summed E-state index contributed by atoms with van der Waals surface area (Å²) in [4.78, 5) is 27.7. The van der Waals surface area contributed by atoms with Crippen molar-refractivity contribution in [2.45, 2.75) is 58.8 Å². The van der Waals surface area contributed by atoms with Crippen LogP contribution in [0, 0.1) is 11.8 Å². The van der Waals surface area contributed by atoms with Gasteiger partial charge in [0.1, 0.15) is 6.04 Å². The van der Waals surface area contributed by atoms with Crippen molar-refractivity contribution in [2.24, 2.45) is 11.8 Å². The second-order valence-corrected chi connectivity index (χ2v) is 9.50. The van der Waals surface area contributed by atoms with Gasteiger partial charge in [-0.1, -0.05) is 20.8 Å². The molecule has 1 aliphatic heterocycles. The van der Waals surface area contributed by atoms with E-state index < -0.39 is 24.1 Å². The topological polar surface area (TPSA) is 125 Å². The number of nitrogens with one attached hydrogen (secondary N) is 1. The summed E-state index contributed by atoms with van der Waals surface area (Å²) < 4.78 is 3.60. The molecule has 4 atom stereocenters. The fourth-order valence-electron chi connectivity index (χ4n) is 4.67. The lowest BCUT2D eigenvalue weighted by atomic mass is 9.96. The quantitative estimate of drug-likeness (QED) is 0.448. The number of pyridine rings is 1. The SMILES string of the molecule is CCn1nccc1-c1ccc(C(CO)NC(=O)C2CC(O)CN2C(=O)C(C)C(C)C)n2nccc12. The van der Waals surface area contributed by atoms with Gasteiger partial charge in [-0.05, 0) is 37.1 Å². The maximum absolute atomic E-state index is 13.3. The van der Waals surface area contributed by atoms with Crippen LogP contribution < -0.4 is 5.32 Å². The van der Waals surface area contributed by atoms with Gasteiger partial charge < -0.3 is 20.4 Å². The van der Waals surface area contributed by atoms with E-state index in [1.165, 1.54) is 4.90 Å². The maximum Gasteiger partial charge on any atom is 0.243 e. The van der Waals surface area contributed by atoms with Gasteiger partial charge >= 0.3 is 0 Å². The van der Waals surface area contributed by atoms with Crippen molar-refractivity contribution in [3.63, 3.8) is 0 Å². The number of hydrogen-bond acceptors (Lipinski definition) is 6. The van der Waals surface area contributed by atoms with Crippen LogP contribution in [0.2, 0.25) is 0 Å². The Hall–Kier alpha value is -3.24. The molecule has 2 amide bonds. The maximum atomic E-state index is 13.3. The Morgan fingerprint density at radius 2 is 1.89 bits per heavy atom. The highest BCUT2D eigenvalue weighted by Crippen LogP contribution is 2.28. The lowest BCUT2D eigenvalue weighted by Gasteiger charge is -2.29. The van der Waals surface area contributed by atoms with E-state index in [0.717, 1.165) is 23.3 Å². The minimum absolute atomic E-state index is 0.116. The Morgan fingerprint density at radius 1 is 1.14 bits per heavy atom. The van der Waals surface area contributed by atoms with Crippen molar-refractivity contribution in [1.82, 2.24) is 29.6 Å². The van der Waals surface area contributed by atoms with E-state index in [4.69, 9.17) is 0 Å². The number of amides is 2. The van der Waals surface area contributed by atoms with Gasteiger partial charge in [0, 0.05) is 37.2 Å². The van der Waals surface area contributed by atoms with Crippen LogP contribution in [0.4, 0.5) is 0 Å². The lowest BCUT2D eigenvalue weighted by Crippen LogP contribution is -2.49. The van der Waals surface area contributed by atoms with Crippen LogP contribution in [0.5, 0.6) is 0 Å². The van der Waals surface area contributed by atoms with E-state index in [2.05, 4.69) is 15.5 Å². The summed E-state index contributed by atoms with van der Waals surface area (Å²) in [5, 5.41) is 32.1. The highest BCUT2D eigenvalue weighted by molar-refractivity contribution is 5.89. The molecule has 3 aromatic rings. The zero-order valence-corrected chi connectivity index (χ0v) is 20.6. The van der Waals surface area contributed by atoms with E-state index in [1.807, 2.05) is 56.6 Å². The molecule has 0 aliphatic carbocycles. The summed E-state index contributed by atoms with van der Waals surface area (Å²) in [6.45, 7) is 8.27. The minimum Gasteiger partial charge on any atom is -0.394 e. The van der Waals surface area contributed by atoms with E-state index >= 15 is 0 Å². The molecule has 0 spiro atoms. The van der Waals surface area contributed by atoms with Gasteiger partial charge in [0.2, 0.25) is 11.8 Å². The molecule has 35 heavy (non-hydrogen) atoms. The monoisotopic (exact) mass is 482 g/mol. The fraction of sp³-hybridized carbons (Fsp3) is 0.520. The molecule has 3 N–H and O–H groups in total. The number of nitrogens with zero attached hydrogens (tertiary/aromatic N) is 5. The van der Waals surface area contributed by atoms with Gasteiger partial charge in [-0.15, -0.1) is 0 Å².